The molecule has 1 aliphatic carbocycles. The molecule has 290 valence electrons. The maximum atomic E-state index is 14.4. The monoisotopic (exact) mass is 726 g/mol. The summed E-state index contributed by atoms with van der Waals surface area (Å²) in [5, 5.41) is 11.3. The molecule has 4 fully saturated rings. The van der Waals surface area contributed by atoms with Crippen LogP contribution in [-0.2, 0) is 28.8 Å². The summed E-state index contributed by atoms with van der Waals surface area (Å²) >= 11 is 0. The molecule has 13 heteroatoms. The van der Waals surface area contributed by atoms with Crippen LogP contribution >= 0.6 is 0 Å². The minimum Gasteiger partial charge on any atom is -0.346 e. The number of nitrogens with zero attached hydrogens (tertiary/aromatic N) is 2. The van der Waals surface area contributed by atoms with Crippen molar-refractivity contribution in [2.45, 2.75) is 143 Å². The third-order valence-electron chi connectivity index (χ3n) is 11.7. The number of fused-ring (bicyclic) bond motifs is 3. The van der Waals surface area contributed by atoms with E-state index in [4.69, 9.17) is 0 Å². The molecule has 0 spiro atoms. The van der Waals surface area contributed by atoms with Crippen LogP contribution in [-0.4, -0.2) is 95.0 Å². The van der Waals surface area contributed by atoms with E-state index in [1.54, 1.807) is 4.90 Å². The van der Waals surface area contributed by atoms with E-state index in [0.717, 1.165) is 32.1 Å². The molecule has 0 radical (unpaired) electrons. The Kier molecular flexibility index (Phi) is 13.0. The molecule has 0 aromatic heterocycles. The van der Waals surface area contributed by atoms with Gasteiger partial charge < -0.3 is 26.2 Å². The van der Waals surface area contributed by atoms with E-state index < -0.39 is 58.6 Å². The van der Waals surface area contributed by atoms with Crippen LogP contribution in [0.3, 0.4) is 0 Å². The molecule has 4 N–H and O–H groups in total. The fraction of sp³-hybridized carbons (Fsp3) is 0.769. The highest BCUT2D eigenvalue weighted by molar-refractivity contribution is 6.38. The second-order valence-corrected chi connectivity index (χ2v) is 17.9. The molecule has 3 heterocycles. The number of nitrogens with one attached hydrogen (secondary N) is 4. The number of ketones is 1. The maximum Gasteiger partial charge on any atom is 0.315 e. The molecule has 4 rings (SSSR count). The standard InChI is InChI=1S/C39H62N6O7/c1-9-19-40-34(50)32(48)25-17-15-13-11-10-12-14-16-18-26(35(51)45-22-24-30(39(24,7)8)31(45)33(49)41-25)42-36(52)43-27(37(2,3)4)23-44-28(46)20-38(5,6)21-29(44)47/h9,24-27,30-31H,1,10-23H2,2-8H3,(H,40,50)(H,41,49)(H2,42,43,52)/t24-,25+,26+,27-,30-,31+/m1/s1. The summed E-state index contributed by atoms with van der Waals surface area (Å²) in [5.74, 6) is -2.95. The third-order valence-corrected chi connectivity index (χ3v) is 11.7. The van der Waals surface area contributed by atoms with Crippen molar-refractivity contribution in [3.8, 4) is 0 Å². The third kappa shape index (κ3) is 9.80. The van der Waals surface area contributed by atoms with E-state index in [2.05, 4.69) is 41.7 Å². The molecule has 52 heavy (non-hydrogen) atoms. The van der Waals surface area contributed by atoms with Crippen LogP contribution in [0.25, 0.3) is 0 Å². The number of hydrogen-bond acceptors (Lipinski definition) is 7. The molecule has 3 saturated heterocycles. The lowest BCUT2D eigenvalue weighted by molar-refractivity contribution is -0.153. The number of amides is 7. The Hall–Kier alpha value is -3.77. The van der Waals surface area contributed by atoms with Gasteiger partial charge in [-0.1, -0.05) is 99.5 Å². The van der Waals surface area contributed by atoms with Crippen LogP contribution in [0.2, 0.25) is 0 Å². The van der Waals surface area contributed by atoms with Crippen LogP contribution < -0.4 is 21.3 Å². The molecule has 0 aromatic rings. The fourth-order valence-corrected chi connectivity index (χ4v) is 8.28. The maximum absolute atomic E-state index is 14.4. The number of hydrogen-bond donors (Lipinski definition) is 4. The van der Waals surface area contributed by atoms with Crippen LogP contribution in [0.15, 0.2) is 12.7 Å². The topological polar surface area (TPSA) is 174 Å². The number of urea groups is 1. The van der Waals surface area contributed by atoms with E-state index in [1.807, 2.05) is 34.6 Å². The lowest BCUT2D eigenvalue weighted by Gasteiger charge is -2.40. The first-order valence-electron chi connectivity index (χ1n) is 19.2. The Morgan fingerprint density at radius 3 is 2.08 bits per heavy atom. The van der Waals surface area contributed by atoms with E-state index in [0.29, 0.717) is 32.2 Å². The molecular formula is C39H62N6O7. The van der Waals surface area contributed by atoms with E-state index in [1.165, 1.54) is 11.0 Å². The minimum absolute atomic E-state index is 0.0155. The SMILES string of the molecule is C=CCNC(=O)C(=O)[C@@H]1CCCCCCCCC[C@H](NC(=O)N[C@H](CN2C(=O)CC(C)(C)CC2=O)C(C)(C)C)C(=O)N2C[C@@H]3[C@H]([C@H]2C(=O)N1)C3(C)C. The van der Waals surface area contributed by atoms with Crippen molar-refractivity contribution in [2.24, 2.45) is 28.1 Å². The van der Waals surface area contributed by atoms with Crippen LogP contribution in [0.5, 0.6) is 0 Å². The molecule has 0 bridgehead atoms. The van der Waals surface area contributed by atoms with Gasteiger partial charge in [0.2, 0.25) is 29.4 Å². The largest absolute Gasteiger partial charge is 0.346 e. The Bertz CT molecular complexity index is 1400. The van der Waals surface area contributed by atoms with Gasteiger partial charge in [0, 0.05) is 32.5 Å². The van der Waals surface area contributed by atoms with Gasteiger partial charge in [0.1, 0.15) is 12.1 Å². The predicted octanol–water partition coefficient (Wildman–Crippen LogP) is 3.61. The highest BCUT2D eigenvalue weighted by Gasteiger charge is 2.69. The number of Topliss-reactive ketones (excluding diaryl/α,β-unsaturated/α-hetero) is 1. The summed E-state index contributed by atoms with van der Waals surface area (Å²) in [7, 11) is 0. The van der Waals surface area contributed by atoms with Gasteiger partial charge in [-0.3, -0.25) is 33.7 Å². The summed E-state index contributed by atoms with van der Waals surface area (Å²) in [6, 6.07) is -4.00. The van der Waals surface area contributed by atoms with Crippen molar-refractivity contribution in [3.05, 3.63) is 12.7 Å². The average molecular weight is 727 g/mol. The Labute approximate surface area is 309 Å². The number of imide groups is 1. The normalized spacial score (nSPS) is 28.9. The second-order valence-electron chi connectivity index (χ2n) is 17.9. The molecule has 6 atom stereocenters. The lowest BCUT2D eigenvalue weighted by Crippen LogP contribution is -2.61. The second kappa shape index (κ2) is 16.5. The van der Waals surface area contributed by atoms with Crippen molar-refractivity contribution >= 4 is 41.4 Å². The van der Waals surface area contributed by atoms with Crippen LogP contribution in [0.1, 0.15) is 119 Å². The molecule has 13 nitrogen and oxygen atoms in total. The number of likely N-dealkylation sites (tertiary alicyclic amines) is 1. The Morgan fingerprint density at radius 1 is 0.923 bits per heavy atom. The highest BCUT2D eigenvalue weighted by atomic mass is 16.2. The zero-order valence-corrected chi connectivity index (χ0v) is 32.4. The van der Waals surface area contributed by atoms with Gasteiger partial charge in [0.15, 0.2) is 0 Å². The predicted molar refractivity (Wildman–Crippen MR) is 196 cm³/mol. The van der Waals surface area contributed by atoms with E-state index in [9.17, 15) is 33.6 Å². The van der Waals surface area contributed by atoms with Gasteiger partial charge in [0.25, 0.3) is 5.91 Å². The fourth-order valence-electron chi connectivity index (χ4n) is 8.28. The van der Waals surface area contributed by atoms with Crippen molar-refractivity contribution in [1.82, 2.24) is 31.1 Å². The van der Waals surface area contributed by atoms with Gasteiger partial charge in [-0.05, 0) is 40.9 Å². The number of carbonyl (C=O) groups is 7. The first-order chi connectivity index (χ1) is 24.3. The van der Waals surface area contributed by atoms with E-state index in [-0.39, 0.29) is 60.9 Å². The molecule has 0 aromatic carbocycles. The number of rotatable bonds is 8. The molecule has 0 unspecified atom stereocenters. The average Bonchev–Trinajstić information content (AvgIpc) is 3.35. The summed E-state index contributed by atoms with van der Waals surface area (Å²) in [4.78, 5) is 97.0. The quantitative estimate of drug-likeness (QED) is 0.168. The highest BCUT2D eigenvalue weighted by Crippen LogP contribution is 2.65. The van der Waals surface area contributed by atoms with Crippen LogP contribution in [0, 0.1) is 28.1 Å². The summed E-state index contributed by atoms with van der Waals surface area (Å²) in [5.41, 5.74) is -1.15. The van der Waals surface area contributed by atoms with Gasteiger partial charge in [0.05, 0.1) is 12.1 Å². The van der Waals surface area contributed by atoms with Crippen molar-refractivity contribution in [3.63, 3.8) is 0 Å². The Morgan fingerprint density at radius 2 is 1.50 bits per heavy atom. The molecule has 7 amide bonds. The summed E-state index contributed by atoms with van der Waals surface area (Å²) in [6.07, 6.45) is 8.56. The lowest BCUT2D eigenvalue weighted by atomic mass is 9.80. The van der Waals surface area contributed by atoms with Crippen molar-refractivity contribution in [2.75, 3.05) is 19.6 Å². The number of piperidine rings is 2. The first-order valence-corrected chi connectivity index (χ1v) is 19.2. The first kappa shape index (κ1) is 41.0. The minimum atomic E-state index is -1.03. The Balaban J connectivity index is 1.55. The van der Waals surface area contributed by atoms with Crippen LogP contribution in [0.4, 0.5) is 4.79 Å². The van der Waals surface area contributed by atoms with Crippen molar-refractivity contribution in [1.29, 1.82) is 0 Å². The zero-order valence-electron chi connectivity index (χ0n) is 32.4. The molecular weight excluding hydrogens is 664 g/mol. The molecule has 1 saturated carbocycles. The molecule has 3 aliphatic heterocycles. The smallest absolute Gasteiger partial charge is 0.315 e. The van der Waals surface area contributed by atoms with Gasteiger partial charge >= 0.3 is 6.03 Å². The van der Waals surface area contributed by atoms with Gasteiger partial charge in [-0.2, -0.15) is 0 Å². The van der Waals surface area contributed by atoms with E-state index >= 15 is 0 Å². The summed E-state index contributed by atoms with van der Waals surface area (Å²) < 4.78 is 0. The zero-order chi connectivity index (χ0) is 38.6. The van der Waals surface area contributed by atoms with Crippen molar-refractivity contribution < 1.29 is 33.6 Å². The number of carbonyl (C=O) groups excluding carboxylic acids is 7. The van der Waals surface area contributed by atoms with Gasteiger partial charge in [-0.15, -0.1) is 6.58 Å². The molecule has 4 aliphatic rings. The van der Waals surface area contributed by atoms with Gasteiger partial charge in [-0.25, -0.2) is 4.79 Å². The summed E-state index contributed by atoms with van der Waals surface area (Å²) in [6.45, 7) is 17.7.